The minimum absolute atomic E-state index is 0. The predicted molar refractivity (Wildman–Crippen MR) is 130 cm³/mol. The van der Waals surface area contributed by atoms with Crippen molar-refractivity contribution in [2.24, 2.45) is 16.3 Å². The number of fused-ring (bicyclic) bond motifs is 1. The summed E-state index contributed by atoms with van der Waals surface area (Å²) in [6, 6.07) is 0.445. The van der Waals surface area contributed by atoms with Crippen molar-refractivity contribution < 1.29 is 19.1 Å². The zero-order valence-electron chi connectivity index (χ0n) is 19.3. The molecule has 3 fully saturated rings. The Labute approximate surface area is 202 Å². The molecular weight excluding hydrogens is 513 g/mol. The molecule has 2 saturated heterocycles. The van der Waals surface area contributed by atoms with Crippen LogP contribution in [-0.2, 0) is 14.3 Å². The van der Waals surface area contributed by atoms with Gasteiger partial charge in [0.15, 0.2) is 5.96 Å². The Morgan fingerprint density at radius 2 is 1.87 bits per heavy atom. The van der Waals surface area contributed by atoms with Crippen LogP contribution in [-0.4, -0.2) is 92.9 Å². The van der Waals surface area contributed by atoms with Crippen LogP contribution in [0.5, 0.6) is 0 Å². The fourth-order valence-corrected chi connectivity index (χ4v) is 4.80. The van der Waals surface area contributed by atoms with Gasteiger partial charge in [-0.25, -0.2) is 9.79 Å². The van der Waals surface area contributed by atoms with Gasteiger partial charge in [-0.05, 0) is 26.2 Å². The van der Waals surface area contributed by atoms with Crippen LogP contribution in [0.2, 0.25) is 0 Å². The average molecular weight is 551 g/mol. The molecule has 3 atom stereocenters. The molecule has 3 aliphatic rings. The predicted octanol–water partition coefficient (Wildman–Crippen LogP) is 1.66. The van der Waals surface area contributed by atoms with Crippen molar-refractivity contribution >= 4 is 41.9 Å². The Morgan fingerprint density at radius 1 is 1.19 bits per heavy atom. The van der Waals surface area contributed by atoms with E-state index in [1.807, 2.05) is 6.92 Å². The molecule has 0 spiro atoms. The van der Waals surface area contributed by atoms with E-state index < -0.39 is 0 Å². The number of halogens is 1. The number of amides is 2. The van der Waals surface area contributed by atoms with Crippen molar-refractivity contribution in [2.45, 2.75) is 58.2 Å². The van der Waals surface area contributed by atoms with Crippen molar-refractivity contribution in [3.63, 3.8) is 0 Å². The Kier molecular flexibility index (Phi) is 9.23. The van der Waals surface area contributed by atoms with Gasteiger partial charge in [0.05, 0.1) is 12.7 Å². The summed E-state index contributed by atoms with van der Waals surface area (Å²) in [6.45, 7) is 8.85. The molecule has 0 radical (unpaired) electrons. The summed E-state index contributed by atoms with van der Waals surface area (Å²) in [5, 5.41) is 7.10. The standard InChI is InChI=1S/C21H37N5O4.HI/c1-6-29-20(28)26-10-7-14(8-11-26)23-19(22-13-16(27)25(4)5)24-17-15-9-12-30-18(15)21(17,2)3;/h14-15,17-18H,6-13H2,1-5H3,(H2,22,23,24);1H. The topological polar surface area (TPSA) is 95.5 Å². The van der Waals surface area contributed by atoms with Crippen LogP contribution in [0.15, 0.2) is 4.99 Å². The molecule has 3 rings (SSSR count). The molecule has 3 unspecified atom stereocenters. The van der Waals surface area contributed by atoms with Gasteiger partial charge in [0, 0.05) is 57.2 Å². The maximum atomic E-state index is 12.1. The third-order valence-corrected chi connectivity index (χ3v) is 6.63. The summed E-state index contributed by atoms with van der Waals surface area (Å²) >= 11 is 0. The summed E-state index contributed by atoms with van der Waals surface area (Å²) in [6.07, 6.45) is 2.71. The molecule has 2 aliphatic heterocycles. The number of guanidine groups is 1. The number of likely N-dealkylation sites (tertiary alicyclic amines) is 1. The molecule has 0 aromatic carbocycles. The van der Waals surface area contributed by atoms with Gasteiger partial charge in [0.25, 0.3) is 0 Å². The molecular formula is C21H38IN5O4. The summed E-state index contributed by atoms with van der Waals surface area (Å²) in [4.78, 5) is 31.9. The van der Waals surface area contributed by atoms with Gasteiger partial charge in [-0.1, -0.05) is 13.8 Å². The number of piperidine rings is 1. The number of nitrogens with zero attached hydrogens (tertiary/aromatic N) is 3. The molecule has 10 heteroatoms. The van der Waals surface area contributed by atoms with Gasteiger partial charge in [-0.15, -0.1) is 24.0 Å². The van der Waals surface area contributed by atoms with Crippen molar-refractivity contribution in [1.82, 2.24) is 20.4 Å². The number of ether oxygens (including phenoxy) is 2. The molecule has 0 bridgehead atoms. The second-order valence-corrected chi connectivity index (χ2v) is 9.24. The summed E-state index contributed by atoms with van der Waals surface area (Å²) in [5.74, 6) is 1.11. The highest BCUT2D eigenvalue weighted by Crippen LogP contribution is 2.52. The molecule has 0 aromatic heterocycles. The summed E-state index contributed by atoms with van der Waals surface area (Å²) in [5.41, 5.74) is 0.0163. The molecule has 0 aromatic rings. The first kappa shape index (κ1) is 26.0. The van der Waals surface area contributed by atoms with Gasteiger partial charge >= 0.3 is 6.09 Å². The highest BCUT2D eigenvalue weighted by Gasteiger charge is 2.59. The second-order valence-electron chi connectivity index (χ2n) is 9.24. The van der Waals surface area contributed by atoms with Crippen LogP contribution < -0.4 is 10.6 Å². The van der Waals surface area contributed by atoms with Crippen LogP contribution in [0.25, 0.3) is 0 Å². The number of rotatable bonds is 5. The van der Waals surface area contributed by atoms with Crippen molar-refractivity contribution in [3.05, 3.63) is 0 Å². The lowest BCUT2D eigenvalue weighted by molar-refractivity contribution is -0.127. The van der Waals surface area contributed by atoms with Crippen LogP contribution in [0.3, 0.4) is 0 Å². The Hall–Kier alpha value is -1.30. The third kappa shape index (κ3) is 5.94. The zero-order valence-corrected chi connectivity index (χ0v) is 21.7. The molecule has 9 nitrogen and oxygen atoms in total. The second kappa shape index (κ2) is 11.0. The van der Waals surface area contributed by atoms with Gasteiger partial charge in [0.2, 0.25) is 5.91 Å². The number of nitrogens with one attached hydrogen (secondary N) is 2. The van der Waals surface area contributed by atoms with Crippen LogP contribution >= 0.6 is 24.0 Å². The first-order valence-electron chi connectivity index (χ1n) is 11.0. The van der Waals surface area contributed by atoms with Crippen molar-refractivity contribution in [3.8, 4) is 0 Å². The van der Waals surface area contributed by atoms with Gasteiger partial charge < -0.3 is 29.9 Å². The lowest BCUT2D eigenvalue weighted by atomic mass is 9.57. The van der Waals surface area contributed by atoms with Crippen LogP contribution in [0.1, 0.15) is 40.0 Å². The van der Waals surface area contributed by atoms with E-state index in [0.717, 1.165) is 25.9 Å². The van der Waals surface area contributed by atoms with Gasteiger partial charge in [-0.3, -0.25) is 4.79 Å². The molecule has 1 saturated carbocycles. The lowest BCUT2D eigenvalue weighted by Crippen LogP contribution is -2.68. The number of hydrogen-bond acceptors (Lipinski definition) is 5. The minimum Gasteiger partial charge on any atom is -0.450 e. The molecule has 2 heterocycles. The molecule has 31 heavy (non-hydrogen) atoms. The number of carbonyl (C=O) groups is 2. The van der Waals surface area contributed by atoms with Gasteiger partial charge in [-0.2, -0.15) is 0 Å². The number of hydrogen-bond donors (Lipinski definition) is 2. The fourth-order valence-electron chi connectivity index (χ4n) is 4.80. The van der Waals surface area contributed by atoms with E-state index in [1.165, 1.54) is 0 Å². The molecule has 178 valence electrons. The molecule has 2 amide bonds. The van der Waals surface area contributed by atoms with Crippen molar-refractivity contribution in [2.75, 3.05) is 46.9 Å². The number of carbonyl (C=O) groups excluding carboxylic acids is 2. The largest absolute Gasteiger partial charge is 0.450 e. The number of aliphatic imine (C=N–C) groups is 1. The summed E-state index contributed by atoms with van der Waals surface area (Å²) in [7, 11) is 3.47. The Morgan fingerprint density at radius 3 is 2.48 bits per heavy atom. The molecule has 1 aliphatic carbocycles. The highest BCUT2D eigenvalue weighted by molar-refractivity contribution is 14.0. The molecule has 2 N–H and O–H groups in total. The smallest absolute Gasteiger partial charge is 0.409 e. The summed E-state index contributed by atoms with van der Waals surface area (Å²) < 4.78 is 11.0. The van der Waals surface area contributed by atoms with E-state index in [9.17, 15) is 9.59 Å². The quantitative estimate of drug-likeness (QED) is 0.307. The van der Waals surface area contributed by atoms with Crippen LogP contribution in [0, 0.1) is 11.3 Å². The first-order valence-corrected chi connectivity index (χ1v) is 11.0. The SMILES string of the molecule is CCOC(=O)N1CCC(NC(=NCC(=O)N(C)C)NC2C3CCOC3C2(C)C)CC1.I. The Bertz CT molecular complexity index is 664. The van der Waals surface area contributed by atoms with E-state index in [-0.39, 0.29) is 66.1 Å². The lowest BCUT2D eigenvalue weighted by Gasteiger charge is -2.55. The van der Waals surface area contributed by atoms with Crippen LogP contribution in [0.4, 0.5) is 4.79 Å². The normalized spacial score (nSPS) is 27.5. The van der Waals surface area contributed by atoms with E-state index >= 15 is 0 Å². The maximum absolute atomic E-state index is 12.1. The third-order valence-electron chi connectivity index (χ3n) is 6.63. The zero-order chi connectivity index (χ0) is 21.9. The van der Waals surface area contributed by atoms with E-state index in [2.05, 4.69) is 29.5 Å². The van der Waals surface area contributed by atoms with Crippen molar-refractivity contribution in [1.29, 1.82) is 0 Å². The highest BCUT2D eigenvalue weighted by atomic mass is 127. The monoisotopic (exact) mass is 551 g/mol. The Balaban J connectivity index is 0.00000341. The minimum atomic E-state index is -0.247. The number of likely N-dealkylation sites (N-methyl/N-ethyl adjacent to an activating group) is 1. The van der Waals surface area contributed by atoms with E-state index in [0.29, 0.717) is 31.6 Å². The fraction of sp³-hybridized carbons (Fsp3) is 0.857. The average Bonchev–Trinajstić information content (AvgIpc) is 3.17. The van der Waals surface area contributed by atoms with E-state index in [4.69, 9.17) is 9.47 Å². The maximum Gasteiger partial charge on any atom is 0.409 e. The first-order chi connectivity index (χ1) is 14.2. The van der Waals surface area contributed by atoms with E-state index in [1.54, 1.807) is 23.9 Å². The van der Waals surface area contributed by atoms with Gasteiger partial charge in [0.1, 0.15) is 6.54 Å².